The van der Waals surface area contributed by atoms with E-state index >= 15 is 0 Å². The van der Waals surface area contributed by atoms with Crippen LogP contribution in [0.2, 0.25) is 0 Å². The monoisotopic (exact) mass is 382 g/mol. The minimum absolute atomic E-state index is 0.0257. The van der Waals surface area contributed by atoms with Crippen molar-refractivity contribution >= 4 is 22.8 Å². The van der Waals surface area contributed by atoms with Gasteiger partial charge < -0.3 is 19.4 Å². The Balaban J connectivity index is 1.53. The number of furan rings is 1. The SMILES string of the molecule is C=C1CN(C(=O)[C@H](CC(C)C)NC(=O)c2cc3ccccc3o2)[C@@H]2CCO[C@H]12. The molecule has 1 aromatic carbocycles. The lowest BCUT2D eigenvalue weighted by molar-refractivity contribution is -0.134. The van der Waals surface area contributed by atoms with Gasteiger partial charge in [-0.3, -0.25) is 9.59 Å². The third-order valence-electron chi connectivity index (χ3n) is 5.48. The number of carbonyl (C=O) groups excluding carboxylic acids is 2. The van der Waals surface area contributed by atoms with Gasteiger partial charge in [-0.05, 0) is 36.5 Å². The third-order valence-corrected chi connectivity index (χ3v) is 5.48. The quantitative estimate of drug-likeness (QED) is 0.807. The second-order valence-electron chi connectivity index (χ2n) is 8.08. The second kappa shape index (κ2) is 7.43. The molecule has 3 heterocycles. The summed E-state index contributed by atoms with van der Waals surface area (Å²) in [6.45, 7) is 9.27. The van der Waals surface area contributed by atoms with Crippen molar-refractivity contribution in [2.75, 3.05) is 13.2 Å². The molecule has 28 heavy (non-hydrogen) atoms. The van der Waals surface area contributed by atoms with Crippen molar-refractivity contribution in [2.45, 2.75) is 44.9 Å². The van der Waals surface area contributed by atoms with Crippen LogP contribution in [0.4, 0.5) is 0 Å². The lowest BCUT2D eigenvalue weighted by Crippen LogP contribution is -2.51. The zero-order valence-electron chi connectivity index (χ0n) is 16.3. The molecule has 0 bridgehead atoms. The molecule has 0 spiro atoms. The van der Waals surface area contributed by atoms with Crippen molar-refractivity contribution in [3.8, 4) is 0 Å². The number of para-hydroxylation sites is 1. The van der Waals surface area contributed by atoms with Crippen LogP contribution in [0, 0.1) is 5.92 Å². The average Bonchev–Trinajstić information content (AvgIpc) is 3.36. The van der Waals surface area contributed by atoms with E-state index in [1.807, 2.05) is 43.0 Å². The van der Waals surface area contributed by atoms with E-state index in [0.717, 1.165) is 17.4 Å². The molecular weight excluding hydrogens is 356 g/mol. The van der Waals surface area contributed by atoms with E-state index in [1.165, 1.54) is 0 Å². The normalized spacial score (nSPS) is 22.7. The first-order valence-corrected chi connectivity index (χ1v) is 9.83. The molecule has 0 saturated carbocycles. The fraction of sp³-hybridized carbons (Fsp3) is 0.455. The van der Waals surface area contributed by atoms with Gasteiger partial charge in [0.1, 0.15) is 17.7 Å². The number of likely N-dealkylation sites (tertiary alicyclic amines) is 1. The number of benzene rings is 1. The molecule has 6 nitrogen and oxygen atoms in total. The summed E-state index contributed by atoms with van der Waals surface area (Å²) >= 11 is 0. The van der Waals surface area contributed by atoms with Gasteiger partial charge in [-0.1, -0.05) is 38.6 Å². The Labute approximate surface area is 164 Å². The molecule has 2 fully saturated rings. The number of nitrogens with zero attached hydrogens (tertiary/aromatic N) is 1. The van der Waals surface area contributed by atoms with Crippen LogP contribution in [0.5, 0.6) is 0 Å². The van der Waals surface area contributed by atoms with Crippen LogP contribution < -0.4 is 5.32 Å². The molecule has 2 aliphatic rings. The van der Waals surface area contributed by atoms with Crippen molar-refractivity contribution in [1.29, 1.82) is 0 Å². The predicted octanol–water partition coefficient (Wildman–Crippen LogP) is 3.13. The predicted molar refractivity (Wildman–Crippen MR) is 106 cm³/mol. The van der Waals surface area contributed by atoms with Gasteiger partial charge in [0.05, 0.1) is 6.04 Å². The van der Waals surface area contributed by atoms with E-state index in [1.54, 1.807) is 6.07 Å². The van der Waals surface area contributed by atoms with Crippen molar-refractivity contribution < 1.29 is 18.7 Å². The molecule has 2 saturated heterocycles. The van der Waals surface area contributed by atoms with Gasteiger partial charge in [-0.25, -0.2) is 0 Å². The van der Waals surface area contributed by atoms with Crippen LogP contribution in [0.3, 0.4) is 0 Å². The summed E-state index contributed by atoms with van der Waals surface area (Å²) in [4.78, 5) is 27.9. The van der Waals surface area contributed by atoms with Gasteiger partial charge in [-0.2, -0.15) is 0 Å². The molecule has 2 aliphatic heterocycles. The van der Waals surface area contributed by atoms with Crippen molar-refractivity contribution in [3.63, 3.8) is 0 Å². The van der Waals surface area contributed by atoms with Crippen LogP contribution in [0.15, 0.2) is 46.9 Å². The van der Waals surface area contributed by atoms with Crippen molar-refractivity contribution in [2.24, 2.45) is 5.92 Å². The molecule has 0 radical (unpaired) electrons. The molecule has 2 amide bonds. The molecule has 6 heteroatoms. The van der Waals surface area contributed by atoms with E-state index in [4.69, 9.17) is 9.15 Å². The van der Waals surface area contributed by atoms with Gasteiger partial charge in [0, 0.05) is 18.5 Å². The highest BCUT2D eigenvalue weighted by Crippen LogP contribution is 2.33. The number of rotatable bonds is 5. The van der Waals surface area contributed by atoms with Gasteiger partial charge in [0.15, 0.2) is 5.76 Å². The molecule has 0 unspecified atom stereocenters. The first kappa shape index (κ1) is 18.7. The highest BCUT2D eigenvalue weighted by Gasteiger charge is 2.45. The Morgan fingerprint density at radius 2 is 2.11 bits per heavy atom. The van der Waals surface area contributed by atoms with Gasteiger partial charge >= 0.3 is 0 Å². The van der Waals surface area contributed by atoms with Crippen LogP contribution in [0.1, 0.15) is 37.2 Å². The van der Waals surface area contributed by atoms with Gasteiger partial charge in [0.2, 0.25) is 5.91 Å². The van der Waals surface area contributed by atoms with Crippen LogP contribution in [0.25, 0.3) is 11.0 Å². The highest BCUT2D eigenvalue weighted by molar-refractivity contribution is 5.98. The third kappa shape index (κ3) is 3.44. The Kier molecular flexibility index (Phi) is 4.98. The molecule has 2 aromatic rings. The summed E-state index contributed by atoms with van der Waals surface area (Å²) in [5.74, 6) is 0.0340. The second-order valence-corrected chi connectivity index (χ2v) is 8.08. The number of nitrogens with one attached hydrogen (secondary N) is 1. The van der Waals surface area contributed by atoms with E-state index < -0.39 is 6.04 Å². The van der Waals surface area contributed by atoms with E-state index in [2.05, 4.69) is 11.9 Å². The first-order valence-electron chi connectivity index (χ1n) is 9.83. The minimum Gasteiger partial charge on any atom is -0.451 e. The summed E-state index contributed by atoms with van der Waals surface area (Å²) in [5.41, 5.74) is 1.59. The zero-order valence-corrected chi connectivity index (χ0v) is 16.3. The first-order chi connectivity index (χ1) is 13.4. The molecule has 1 aromatic heterocycles. The largest absolute Gasteiger partial charge is 0.451 e. The summed E-state index contributed by atoms with van der Waals surface area (Å²) < 4.78 is 11.4. The summed E-state index contributed by atoms with van der Waals surface area (Å²) in [5, 5.41) is 3.76. The Bertz CT molecular complexity index is 883. The van der Waals surface area contributed by atoms with Crippen molar-refractivity contribution in [3.05, 3.63) is 48.2 Å². The average molecular weight is 382 g/mol. The summed E-state index contributed by atoms with van der Waals surface area (Å²) in [6.07, 6.45) is 1.29. The van der Waals surface area contributed by atoms with Gasteiger partial charge in [0.25, 0.3) is 5.91 Å². The lowest BCUT2D eigenvalue weighted by atomic mass is 10.0. The minimum atomic E-state index is -0.604. The number of carbonyl (C=O) groups is 2. The smallest absolute Gasteiger partial charge is 0.287 e. The molecule has 4 rings (SSSR count). The molecule has 148 valence electrons. The molecule has 0 aliphatic carbocycles. The number of hydrogen-bond acceptors (Lipinski definition) is 4. The lowest BCUT2D eigenvalue weighted by Gasteiger charge is -2.28. The molecule has 3 atom stereocenters. The number of amides is 2. The zero-order chi connectivity index (χ0) is 19.8. The fourth-order valence-electron chi connectivity index (χ4n) is 4.17. The van der Waals surface area contributed by atoms with Crippen LogP contribution >= 0.6 is 0 Å². The van der Waals surface area contributed by atoms with E-state index in [-0.39, 0.29) is 35.6 Å². The standard InChI is InChI=1S/C22H26N2O4/c1-13(2)10-16(22(26)24-12-14(3)20-17(24)8-9-27-20)23-21(25)19-11-15-6-4-5-7-18(15)28-19/h4-7,11,13,16-17,20H,3,8-10,12H2,1-2H3,(H,23,25)/t16-,17+,20+/m0/s1. The number of fused-ring (bicyclic) bond motifs is 2. The van der Waals surface area contributed by atoms with Crippen LogP contribution in [-0.4, -0.2) is 48.1 Å². The molecule has 1 N–H and O–H groups in total. The Morgan fingerprint density at radius 1 is 1.32 bits per heavy atom. The Morgan fingerprint density at radius 3 is 2.86 bits per heavy atom. The maximum absolute atomic E-state index is 13.3. The fourth-order valence-corrected chi connectivity index (χ4v) is 4.17. The number of hydrogen-bond donors (Lipinski definition) is 1. The van der Waals surface area contributed by atoms with Crippen molar-refractivity contribution in [1.82, 2.24) is 10.2 Å². The number of ether oxygens (including phenoxy) is 1. The van der Waals surface area contributed by atoms with Gasteiger partial charge in [-0.15, -0.1) is 0 Å². The summed E-state index contributed by atoms with van der Waals surface area (Å²) in [6, 6.07) is 8.59. The summed E-state index contributed by atoms with van der Waals surface area (Å²) in [7, 11) is 0. The highest BCUT2D eigenvalue weighted by atomic mass is 16.5. The Hall–Kier alpha value is -2.60. The maximum Gasteiger partial charge on any atom is 0.287 e. The molecular formula is C22H26N2O4. The van der Waals surface area contributed by atoms with E-state index in [0.29, 0.717) is 25.2 Å². The topological polar surface area (TPSA) is 71.8 Å². The van der Waals surface area contributed by atoms with Crippen LogP contribution in [-0.2, 0) is 9.53 Å². The maximum atomic E-state index is 13.3. The van der Waals surface area contributed by atoms with E-state index in [9.17, 15) is 9.59 Å².